The van der Waals surface area contributed by atoms with Gasteiger partial charge in [-0.15, -0.1) is 0 Å². The first-order valence-electron chi connectivity index (χ1n) is 12.5. The summed E-state index contributed by atoms with van der Waals surface area (Å²) in [6, 6.07) is 1.70. The summed E-state index contributed by atoms with van der Waals surface area (Å²) < 4.78 is 5.35. The Morgan fingerprint density at radius 2 is 1.95 bits per heavy atom. The molecule has 3 heterocycles. The van der Waals surface area contributed by atoms with Crippen molar-refractivity contribution >= 4 is 47.1 Å². The van der Waals surface area contributed by atoms with Gasteiger partial charge in [-0.3, -0.25) is 0 Å². The lowest BCUT2D eigenvalue weighted by atomic mass is 9.80. The van der Waals surface area contributed by atoms with E-state index in [-0.39, 0.29) is 17.6 Å². The molecule has 1 fully saturated rings. The van der Waals surface area contributed by atoms with E-state index < -0.39 is 11.6 Å². The first-order chi connectivity index (χ1) is 17.9. The largest absolute Gasteiger partial charge is 0.478 e. The molecule has 2 aromatic heterocycles. The Labute approximate surface area is 231 Å². The Morgan fingerprint density at radius 1 is 1.24 bits per heavy atom. The van der Waals surface area contributed by atoms with Gasteiger partial charge in [-0.2, -0.15) is 0 Å². The number of rotatable bonds is 8. The van der Waals surface area contributed by atoms with Crippen molar-refractivity contribution in [3.63, 3.8) is 0 Å². The summed E-state index contributed by atoms with van der Waals surface area (Å²) in [6.07, 6.45) is 8.67. The molecule has 0 spiro atoms. The molecule has 1 aliphatic heterocycles. The molecular weight excluding hydrogens is 528 g/mol. The number of ether oxygens (including phenoxy) is 1. The van der Waals surface area contributed by atoms with Crippen LogP contribution >= 0.6 is 23.4 Å². The highest BCUT2D eigenvalue weighted by atomic mass is 35.5. The average molecular weight is 561 g/mol. The molecular formula is C26H33ClN6O4S. The highest BCUT2D eigenvalue weighted by molar-refractivity contribution is 7.99. The number of alkyl carbamates (subject to hydrolysis) is 1. The van der Waals surface area contributed by atoms with E-state index in [1.54, 1.807) is 24.7 Å². The van der Waals surface area contributed by atoms with Crippen LogP contribution in [0.1, 0.15) is 47.0 Å². The molecule has 0 bridgehead atoms. The lowest BCUT2D eigenvalue weighted by molar-refractivity contribution is -0.133. The molecule has 0 saturated carbocycles. The smallest absolute Gasteiger partial charge is 0.407 e. The van der Waals surface area contributed by atoms with Crippen LogP contribution in [0.4, 0.5) is 16.4 Å². The number of amides is 1. The lowest BCUT2D eigenvalue weighted by Gasteiger charge is -2.40. The van der Waals surface area contributed by atoms with Crippen LogP contribution in [-0.4, -0.2) is 63.4 Å². The predicted molar refractivity (Wildman–Crippen MR) is 147 cm³/mol. The van der Waals surface area contributed by atoms with Gasteiger partial charge >= 0.3 is 12.1 Å². The first-order valence-corrected chi connectivity index (χ1v) is 13.7. The van der Waals surface area contributed by atoms with Crippen LogP contribution in [0.3, 0.4) is 0 Å². The standard InChI is InChI=1S/C26H33ClN6O4S/c1-25(2,3)37-24(36)31-15-26(4)6-9-33(10-7-26)19-13-30-20(14-29-19)38-18-5-8-28-22(21(18)27)32-17-11-16(12-17)23(34)35/h5,8,11,13-14,17H,6-7,9-10,12,15H2,1-4H3,(H,28,32)(H,31,36)(H,34,35)/t17-/m1/s1. The summed E-state index contributed by atoms with van der Waals surface area (Å²) in [7, 11) is 0. The third-order valence-corrected chi connectivity index (χ3v) is 7.95. The number of hydrogen-bond donors (Lipinski definition) is 3. The average Bonchev–Trinajstić information content (AvgIpc) is 2.82. The highest BCUT2D eigenvalue weighted by Crippen LogP contribution is 2.37. The van der Waals surface area contributed by atoms with Gasteiger partial charge < -0.3 is 25.4 Å². The molecule has 0 unspecified atom stereocenters. The van der Waals surface area contributed by atoms with Gasteiger partial charge in [0.1, 0.15) is 22.3 Å². The number of nitrogens with one attached hydrogen (secondary N) is 2. The maximum atomic E-state index is 12.0. The van der Waals surface area contributed by atoms with Crippen LogP contribution in [0.15, 0.2) is 46.2 Å². The van der Waals surface area contributed by atoms with Gasteiger partial charge in [0.15, 0.2) is 0 Å². The molecule has 10 nitrogen and oxygen atoms in total. The minimum Gasteiger partial charge on any atom is -0.478 e. The number of carbonyl (C=O) groups excluding carboxylic acids is 1. The fourth-order valence-corrected chi connectivity index (χ4v) is 5.20. The molecule has 2 aliphatic rings. The number of carboxylic acids is 1. The van der Waals surface area contributed by atoms with Gasteiger partial charge in [-0.05, 0) is 45.1 Å². The second kappa shape index (κ2) is 11.4. The highest BCUT2D eigenvalue weighted by Gasteiger charge is 2.32. The lowest BCUT2D eigenvalue weighted by Crippen LogP contribution is -2.45. The van der Waals surface area contributed by atoms with Crippen molar-refractivity contribution in [3.8, 4) is 0 Å². The van der Waals surface area contributed by atoms with E-state index in [4.69, 9.17) is 21.4 Å². The zero-order valence-corrected chi connectivity index (χ0v) is 23.5. The summed E-state index contributed by atoms with van der Waals surface area (Å²) in [5.41, 5.74) is -0.137. The van der Waals surface area contributed by atoms with Crippen LogP contribution in [0.5, 0.6) is 0 Å². The Bertz CT molecular complexity index is 1210. The molecule has 12 heteroatoms. The zero-order chi connectivity index (χ0) is 27.5. The Balaban J connectivity index is 1.29. The maximum absolute atomic E-state index is 12.0. The Morgan fingerprint density at radius 3 is 2.55 bits per heavy atom. The van der Waals surface area contributed by atoms with E-state index in [0.717, 1.165) is 36.6 Å². The topological polar surface area (TPSA) is 130 Å². The number of halogens is 1. The minimum absolute atomic E-state index is 0.00900. The van der Waals surface area contributed by atoms with Gasteiger partial charge in [0, 0.05) is 42.7 Å². The first kappa shape index (κ1) is 28.0. The second-order valence-corrected chi connectivity index (χ2v) is 12.3. The van der Waals surface area contributed by atoms with E-state index in [2.05, 4.69) is 37.4 Å². The molecule has 1 amide bonds. The molecule has 3 N–H and O–H groups in total. The van der Waals surface area contributed by atoms with Gasteiger partial charge in [0.25, 0.3) is 0 Å². The number of nitrogens with zero attached hydrogens (tertiary/aromatic N) is 4. The van der Waals surface area contributed by atoms with Crippen molar-refractivity contribution in [2.24, 2.45) is 5.41 Å². The minimum atomic E-state index is -0.901. The third kappa shape index (κ3) is 7.28. The summed E-state index contributed by atoms with van der Waals surface area (Å²) in [6.45, 7) is 9.94. The normalized spacial score (nSPS) is 18.7. The number of carboxylic acid groups (broad SMARTS) is 1. The molecule has 38 heavy (non-hydrogen) atoms. The van der Waals surface area contributed by atoms with Crippen molar-refractivity contribution in [1.82, 2.24) is 20.3 Å². The number of aliphatic carboxylic acids is 1. The molecule has 204 valence electrons. The molecule has 1 saturated heterocycles. The van der Waals surface area contributed by atoms with Crippen molar-refractivity contribution in [1.29, 1.82) is 0 Å². The van der Waals surface area contributed by atoms with E-state index in [1.165, 1.54) is 11.8 Å². The van der Waals surface area contributed by atoms with Crippen LogP contribution in [-0.2, 0) is 9.53 Å². The number of pyridine rings is 1. The molecule has 4 rings (SSSR count). The van der Waals surface area contributed by atoms with Crippen LogP contribution < -0.4 is 15.5 Å². The van der Waals surface area contributed by atoms with Crippen LogP contribution in [0, 0.1) is 5.41 Å². The van der Waals surface area contributed by atoms with E-state index >= 15 is 0 Å². The second-order valence-electron chi connectivity index (χ2n) is 10.9. The monoisotopic (exact) mass is 560 g/mol. The van der Waals surface area contributed by atoms with Crippen molar-refractivity contribution < 1.29 is 19.4 Å². The van der Waals surface area contributed by atoms with E-state index in [1.807, 2.05) is 26.8 Å². The van der Waals surface area contributed by atoms with Crippen molar-refractivity contribution in [2.75, 3.05) is 29.9 Å². The molecule has 0 radical (unpaired) electrons. The van der Waals surface area contributed by atoms with Gasteiger partial charge in [-0.1, -0.05) is 36.4 Å². The van der Waals surface area contributed by atoms with Gasteiger partial charge in [-0.25, -0.2) is 24.5 Å². The fraction of sp³-hybridized carbons (Fsp3) is 0.500. The van der Waals surface area contributed by atoms with Crippen LogP contribution in [0.2, 0.25) is 5.02 Å². The number of anilines is 2. The maximum Gasteiger partial charge on any atom is 0.407 e. The quantitative estimate of drug-likeness (QED) is 0.405. The molecule has 2 aromatic rings. The molecule has 1 atom stereocenters. The number of aromatic nitrogens is 3. The molecule has 1 aliphatic carbocycles. The fourth-order valence-electron chi connectivity index (χ4n) is 4.17. The summed E-state index contributed by atoms with van der Waals surface area (Å²) in [5.74, 6) is 0.414. The van der Waals surface area contributed by atoms with E-state index in [9.17, 15) is 9.59 Å². The predicted octanol–water partition coefficient (Wildman–Crippen LogP) is 5.00. The summed E-state index contributed by atoms with van der Waals surface area (Å²) in [5, 5.41) is 16.2. The third-order valence-electron chi connectivity index (χ3n) is 6.47. The Kier molecular flexibility index (Phi) is 8.37. The number of piperidine rings is 1. The number of hydrogen-bond acceptors (Lipinski definition) is 9. The SMILES string of the molecule is CC1(CNC(=O)OC(C)(C)C)CCN(c2cnc(Sc3ccnc(N[C@@H]4C=C(C(=O)O)C4)c3Cl)cn2)CC1. The van der Waals surface area contributed by atoms with E-state index in [0.29, 0.717) is 34.4 Å². The zero-order valence-electron chi connectivity index (χ0n) is 22.0. The Hall–Kier alpha value is -3.05. The summed E-state index contributed by atoms with van der Waals surface area (Å²) >= 11 is 7.95. The number of carbonyl (C=O) groups is 2. The summed E-state index contributed by atoms with van der Waals surface area (Å²) in [4.78, 5) is 39.5. The van der Waals surface area contributed by atoms with Gasteiger partial charge in [0.05, 0.1) is 23.5 Å². The van der Waals surface area contributed by atoms with Crippen molar-refractivity contribution in [3.05, 3.63) is 41.3 Å². The van der Waals surface area contributed by atoms with Crippen LogP contribution in [0.25, 0.3) is 0 Å². The molecule has 0 aromatic carbocycles. The van der Waals surface area contributed by atoms with Gasteiger partial charge in [0.2, 0.25) is 0 Å². The van der Waals surface area contributed by atoms with Crippen molar-refractivity contribution in [2.45, 2.75) is 68.5 Å².